The van der Waals surface area contributed by atoms with E-state index in [2.05, 4.69) is 0 Å². The van der Waals surface area contributed by atoms with Gasteiger partial charge in [-0.1, -0.05) is 35.3 Å². The van der Waals surface area contributed by atoms with Crippen LogP contribution in [-0.2, 0) is 26.6 Å². The van der Waals surface area contributed by atoms with E-state index in [-0.39, 0.29) is 12.0 Å². The van der Waals surface area contributed by atoms with Crippen molar-refractivity contribution in [2.45, 2.75) is 32.3 Å². The summed E-state index contributed by atoms with van der Waals surface area (Å²) in [6, 6.07) is 11.0. The largest absolute Gasteiger partial charge is 0.491 e. The van der Waals surface area contributed by atoms with Crippen LogP contribution in [0.4, 0.5) is 5.69 Å². The molecular formula is C20H19Cl2NO4. The van der Waals surface area contributed by atoms with Gasteiger partial charge in [-0.3, -0.25) is 4.79 Å². The molecule has 2 aromatic carbocycles. The maximum atomic E-state index is 13.2. The Morgan fingerprint density at radius 1 is 1.11 bits per heavy atom. The minimum Gasteiger partial charge on any atom is -0.491 e. The van der Waals surface area contributed by atoms with Crippen LogP contribution < -0.4 is 9.64 Å². The molecule has 2 aliphatic heterocycles. The number of rotatable bonds is 4. The first-order valence-electron chi connectivity index (χ1n) is 8.76. The van der Waals surface area contributed by atoms with E-state index in [1.165, 1.54) is 0 Å². The zero-order chi connectivity index (χ0) is 19.2. The fourth-order valence-corrected chi connectivity index (χ4v) is 3.85. The summed E-state index contributed by atoms with van der Waals surface area (Å²) in [5.41, 5.74) is 2.06. The first-order chi connectivity index (χ1) is 12.9. The number of carbonyl (C=O) groups is 1. The normalized spacial score (nSPS) is 17.8. The fourth-order valence-electron chi connectivity index (χ4n) is 3.43. The van der Waals surface area contributed by atoms with E-state index >= 15 is 0 Å². The van der Waals surface area contributed by atoms with E-state index in [0.29, 0.717) is 41.1 Å². The zero-order valence-corrected chi connectivity index (χ0v) is 16.5. The summed E-state index contributed by atoms with van der Waals surface area (Å²) in [6.45, 7) is 4.96. The van der Waals surface area contributed by atoms with Crippen LogP contribution in [0.2, 0.25) is 10.0 Å². The number of amides is 1. The number of fused-ring (bicyclic) bond motifs is 2. The van der Waals surface area contributed by atoms with Crippen molar-refractivity contribution in [2.24, 2.45) is 0 Å². The maximum Gasteiger partial charge on any atom is 0.292 e. The number of hydrogen-bond donors (Lipinski definition) is 0. The monoisotopic (exact) mass is 407 g/mol. The van der Waals surface area contributed by atoms with Gasteiger partial charge in [-0.05, 0) is 43.7 Å². The van der Waals surface area contributed by atoms with Crippen molar-refractivity contribution in [2.75, 3.05) is 18.1 Å². The van der Waals surface area contributed by atoms with E-state index in [0.717, 1.165) is 11.3 Å². The Hall–Kier alpha value is -1.79. The molecule has 1 spiro atoms. The van der Waals surface area contributed by atoms with Crippen LogP contribution in [0.3, 0.4) is 0 Å². The molecule has 1 amide bonds. The second-order valence-electron chi connectivity index (χ2n) is 6.77. The lowest BCUT2D eigenvalue weighted by atomic mass is 10.1. The molecule has 2 aliphatic rings. The highest BCUT2D eigenvalue weighted by molar-refractivity contribution is 6.44. The van der Waals surface area contributed by atoms with Crippen molar-refractivity contribution in [3.63, 3.8) is 0 Å². The van der Waals surface area contributed by atoms with Crippen LogP contribution in [-0.4, -0.2) is 25.2 Å². The average Bonchev–Trinajstić information content (AvgIpc) is 3.21. The van der Waals surface area contributed by atoms with Gasteiger partial charge in [0.2, 0.25) is 0 Å². The fraction of sp³-hybridized carbons (Fsp3) is 0.350. The van der Waals surface area contributed by atoms with Crippen LogP contribution >= 0.6 is 23.2 Å². The third-order valence-electron chi connectivity index (χ3n) is 4.55. The quantitative estimate of drug-likeness (QED) is 0.746. The molecule has 0 unspecified atom stereocenters. The van der Waals surface area contributed by atoms with Crippen LogP contribution in [0, 0.1) is 0 Å². The summed E-state index contributed by atoms with van der Waals surface area (Å²) in [5.74, 6) is -0.937. The number of anilines is 1. The van der Waals surface area contributed by atoms with E-state index in [9.17, 15) is 4.79 Å². The number of hydrogen-bond acceptors (Lipinski definition) is 4. The van der Waals surface area contributed by atoms with Crippen LogP contribution in [0.1, 0.15) is 25.0 Å². The molecule has 0 aliphatic carbocycles. The second-order valence-corrected chi connectivity index (χ2v) is 7.56. The first-order valence-corrected chi connectivity index (χ1v) is 9.52. The summed E-state index contributed by atoms with van der Waals surface area (Å²) < 4.78 is 17.1. The molecule has 2 aromatic rings. The van der Waals surface area contributed by atoms with Gasteiger partial charge in [0.1, 0.15) is 5.75 Å². The topological polar surface area (TPSA) is 48.0 Å². The lowest BCUT2D eigenvalue weighted by Gasteiger charge is -2.22. The SMILES string of the molecule is CC(C)Oc1ccc(CN2C(=O)C3(OCCO3)c3ccc(Cl)c(Cl)c32)cc1. The maximum absolute atomic E-state index is 13.2. The van der Waals surface area contributed by atoms with Crippen LogP contribution in [0.25, 0.3) is 0 Å². The van der Waals surface area contributed by atoms with Crippen LogP contribution in [0.5, 0.6) is 5.75 Å². The van der Waals surface area contributed by atoms with E-state index < -0.39 is 5.79 Å². The molecule has 0 atom stereocenters. The van der Waals surface area contributed by atoms with Gasteiger partial charge in [0, 0.05) is 5.56 Å². The molecule has 4 rings (SSSR count). The van der Waals surface area contributed by atoms with Gasteiger partial charge in [-0.25, -0.2) is 0 Å². The Kier molecular flexibility index (Phi) is 4.80. The van der Waals surface area contributed by atoms with E-state index in [1.807, 2.05) is 38.1 Å². The third kappa shape index (κ3) is 3.09. The Morgan fingerprint density at radius 3 is 2.41 bits per heavy atom. The number of halogens is 2. The standard InChI is InChI=1S/C20H19Cl2NO4/c1-12(2)27-14-5-3-13(4-6-14)11-23-18-15(7-8-16(21)17(18)22)20(19(23)24)25-9-10-26-20/h3-8,12H,9-11H2,1-2H3. The third-order valence-corrected chi connectivity index (χ3v) is 5.34. The minimum atomic E-state index is -1.43. The van der Waals surface area contributed by atoms with Crippen molar-refractivity contribution in [3.8, 4) is 5.75 Å². The van der Waals surface area contributed by atoms with Gasteiger partial charge in [-0.2, -0.15) is 0 Å². The van der Waals surface area contributed by atoms with E-state index in [4.69, 9.17) is 37.4 Å². The summed E-state index contributed by atoms with van der Waals surface area (Å²) in [7, 11) is 0. The molecule has 0 bridgehead atoms. The molecule has 2 heterocycles. The first kappa shape index (κ1) is 18.6. The van der Waals surface area contributed by atoms with Gasteiger partial charge in [0.25, 0.3) is 11.7 Å². The van der Waals surface area contributed by atoms with Gasteiger partial charge < -0.3 is 19.1 Å². The highest BCUT2D eigenvalue weighted by Crippen LogP contribution is 2.50. The molecule has 0 aromatic heterocycles. The number of ether oxygens (including phenoxy) is 3. The molecule has 1 saturated heterocycles. The Labute approximate surface area is 167 Å². The Bertz CT molecular complexity index is 876. The molecule has 27 heavy (non-hydrogen) atoms. The van der Waals surface area contributed by atoms with E-state index in [1.54, 1.807) is 17.0 Å². The smallest absolute Gasteiger partial charge is 0.292 e. The summed E-state index contributed by atoms with van der Waals surface area (Å²) >= 11 is 12.7. The lowest BCUT2D eigenvalue weighted by Crippen LogP contribution is -2.40. The molecule has 7 heteroatoms. The number of carbonyl (C=O) groups excluding carboxylic acids is 1. The summed E-state index contributed by atoms with van der Waals surface area (Å²) in [6.07, 6.45) is 0.0976. The van der Waals surface area contributed by atoms with Gasteiger partial charge in [-0.15, -0.1) is 0 Å². The highest BCUT2D eigenvalue weighted by Gasteiger charge is 2.56. The predicted molar refractivity (Wildman–Crippen MR) is 103 cm³/mol. The molecule has 5 nitrogen and oxygen atoms in total. The predicted octanol–water partition coefficient (Wildman–Crippen LogP) is 4.53. The van der Waals surface area contributed by atoms with Gasteiger partial charge >= 0.3 is 0 Å². The molecule has 0 saturated carbocycles. The summed E-state index contributed by atoms with van der Waals surface area (Å²) in [4.78, 5) is 14.8. The lowest BCUT2D eigenvalue weighted by molar-refractivity contribution is -0.180. The van der Waals surface area contributed by atoms with Crippen molar-refractivity contribution < 1.29 is 19.0 Å². The average molecular weight is 408 g/mol. The summed E-state index contributed by atoms with van der Waals surface area (Å²) in [5, 5.41) is 0.696. The molecule has 0 N–H and O–H groups in total. The van der Waals surface area contributed by atoms with Crippen molar-refractivity contribution >= 4 is 34.8 Å². The Morgan fingerprint density at radius 2 is 1.78 bits per heavy atom. The van der Waals surface area contributed by atoms with Gasteiger partial charge in [0.15, 0.2) is 0 Å². The molecule has 1 fully saturated rings. The minimum absolute atomic E-state index is 0.0976. The van der Waals surface area contributed by atoms with Gasteiger partial charge in [0.05, 0.1) is 41.6 Å². The van der Waals surface area contributed by atoms with Crippen LogP contribution in [0.15, 0.2) is 36.4 Å². The molecule has 142 valence electrons. The van der Waals surface area contributed by atoms with Crippen molar-refractivity contribution in [1.82, 2.24) is 0 Å². The number of benzene rings is 2. The van der Waals surface area contributed by atoms with Crippen molar-refractivity contribution in [3.05, 3.63) is 57.6 Å². The Balaban J connectivity index is 1.69. The zero-order valence-electron chi connectivity index (χ0n) is 15.0. The highest BCUT2D eigenvalue weighted by atomic mass is 35.5. The molecule has 0 radical (unpaired) electrons. The molecular weight excluding hydrogens is 389 g/mol. The number of nitrogens with zero attached hydrogens (tertiary/aromatic N) is 1. The van der Waals surface area contributed by atoms with Crippen molar-refractivity contribution in [1.29, 1.82) is 0 Å². The second kappa shape index (κ2) is 6.99.